The zero-order valence-corrected chi connectivity index (χ0v) is 15.3. The summed E-state index contributed by atoms with van der Waals surface area (Å²) in [6.45, 7) is 7.14. The molecule has 27 heavy (non-hydrogen) atoms. The van der Waals surface area contributed by atoms with Crippen molar-refractivity contribution in [2.75, 3.05) is 0 Å². The highest BCUT2D eigenvalue weighted by Crippen LogP contribution is 2.55. The Hall–Kier alpha value is -2.41. The van der Waals surface area contributed by atoms with Crippen LogP contribution in [0.4, 0.5) is 0 Å². The summed E-state index contributed by atoms with van der Waals surface area (Å²) < 4.78 is 16.5. The minimum Gasteiger partial charge on any atom is -0.456 e. The number of aliphatic hydroxyl groups excluding tert-OH is 1. The molecule has 7 nitrogen and oxygen atoms in total. The number of hydrogen-bond acceptors (Lipinski definition) is 7. The lowest BCUT2D eigenvalue weighted by Crippen LogP contribution is -2.70. The number of esters is 3. The molecule has 6 atom stereocenters. The molecule has 4 rings (SSSR count). The Morgan fingerprint density at radius 2 is 2.15 bits per heavy atom. The number of fused-ring (bicyclic) bond motifs is 2. The van der Waals surface area contributed by atoms with Gasteiger partial charge in [0.1, 0.15) is 11.5 Å². The molecular weight excluding hydrogens is 352 g/mol. The van der Waals surface area contributed by atoms with Crippen LogP contribution in [0, 0.1) is 11.3 Å². The van der Waals surface area contributed by atoms with E-state index in [0.717, 1.165) is 0 Å². The maximum absolute atomic E-state index is 12.5. The largest absolute Gasteiger partial charge is 0.456 e. The first-order chi connectivity index (χ1) is 12.8. The highest BCUT2D eigenvalue weighted by molar-refractivity contribution is 5.93. The van der Waals surface area contributed by atoms with Crippen molar-refractivity contribution in [1.29, 1.82) is 0 Å². The van der Waals surface area contributed by atoms with Crippen LogP contribution in [0.3, 0.4) is 0 Å². The van der Waals surface area contributed by atoms with Gasteiger partial charge in [-0.05, 0) is 44.8 Å². The number of ether oxygens (including phenoxy) is 3. The molecule has 144 valence electrons. The van der Waals surface area contributed by atoms with Crippen molar-refractivity contribution in [2.45, 2.75) is 57.5 Å². The lowest BCUT2D eigenvalue weighted by molar-refractivity contribution is -0.253. The molecule has 2 aliphatic heterocycles. The van der Waals surface area contributed by atoms with Crippen LogP contribution in [0.2, 0.25) is 0 Å². The molecule has 2 aliphatic carbocycles. The molecule has 2 saturated heterocycles. The zero-order valence-electron chi connectivity index (χ0n) is 15.3. The molecule has 0 radical (unpaired) electrons. The average molecular weight is 374 g/mol. The molecular formula is C20H22O7. The predicted molar refractivity (Wildman–Crippen MR) is 92.1 cm³/mol. The fraction of sp³-hybridized carbons (Fsp3) is 0.550. The molecule has 1 spiro atoms. The molecule has 0 amide bonds. The third-order valence-electron chi connectivity index (χ3n) is 6.31. The van der Waals surface area contributed by atoms with E-state index < -0.39 is 53.7 Å². The van der Waals surface area contributed by atoms with Crippen molar-refractivity contribution < 1.29 is 33.7 Å². The van der Waals surface area contributed by atoms with Crippen LogP contribution in [0.15, 0.2) is 35.5 Å². The summed E-state index contributed by atoms with van der Waals surface area (Å²) in [5, 5.41) is 10.9. The van der Waals surface area contributed by atoms with Gasteiger partial charge in [-0.2, -0.15) is 0 Å². The SMILES string of the molecule is C=C1C(=O)O[C@@H]2C=C3CCC[C@]4(C(=O)O[C@@H]4[C@@H](OC(=O)/C(C)=C/C)[C@@H]12)[C@@H]3O. The van der Waals surface area contributed by atoms with Gasteiger partial charge in [0.25, 0.3) is 0 Å². The first-order valence-corrected chi connectivity index (χ1v) is 9.14. The van der Waals surface area contributed by atoms with Crippen LogP contribution in [-0.2, 0) is 28.6 Å². The third kappa shape index (κ3) is 2.34. The average Bonchev–Trinajstić information content (AvgIpc) is 2.92. The van der Waals surface area contributed by atoms with Gasteiger partial charge in [0.2, 0.25) is 0 Å². The number of carbonyl (C=O) groups excluding carboxylic acids is 3. The second-order valence-corrected chi connectivity index (χ2v) is 7.63. The van der Waals surface area contributed by atoms with E-state index in [-0.39, 0.29) is 5.57 Å². The predicted octanol–water partition coefficient (Wildman–Crippen LogP) is 1.36. The van der Waals surface area contributed by atoms with Crippen LogP contribution < -0.4 is 0 Å². The Labute approximate surface area is 156 Å². The molecule has 0 aromatic carbocycles. The maximum Gasteiger partial charge on any atom is 0.334 e. The van der Waals surface area contributed by atoms with E-state index >= 15 is 0 Å². The fourth-order valence-corrected chi connectivity index (χ4v) is 4.62. The van der Waals surface area contributed by atoms with E-state index in [1.54, 1.807) is 26.0 Å². The van der Waals surface area contributed by atoms with Gasteiger partial charge in [-0.1, -0.05) is 12.7 Å². The molecule has 1 N–H and O–H groups in total. The van der Waals surface area contributed by atoms with Crippen LogP contribution >= 0.6 is 0 Å². The van der Waals surface area contributed by atoms with Gasteiger partial charge < -0.3 is 19.3 Å². The second-order valence-electron chi connectivity index (χ2n) is 7.63. The lowest BCUT2D eigenvalue weighted by atomic mass is 9.59. The molecule has 7 heteroatoms. The molecule has 4 aliphatic rings. The lowest BCUT2D eigenvalue weighted by Gasteiger charge is -2.55. The van der Waals surface area contributed by atoms with Crippen LogP contribution in [0.25, 0.3) is 0 Å². The summed E-state index contributed by atoms with van der Waals surface area (Å²) in [5.74, 6) is -2.30. The summed E-state index contributed by atoms with van der Waals surface area (Å²) in [5.41, 5.74) is 0.0789. The van der Waals surface area contributed by atoms with Crippen molar-refractivity contribution in [1.82, 2.24) is 0 Å². The molecule has 0 unspecified atom stereocenters. The summed E-state index contributed by atoms with van der Waals surface area (Å²) in [6, 6.07) is 0. The summed E-state index contributed by atoms with van der Waals surface area (Å²) >= 11 is 0. The first-order valence-electron chi connectivity index (χ1n) is 9.14. The minimum absolute atomic E-state index is 0.181. The van der Waals surface area contributed by atoms with Crippen LogP contribution in [0.1, 0.15) is 33.1 Å². The van der Waals surface area contributed by atoms with Crippen molar-refractivity contribution in [3.63, 3.8) is 0 Å². The maximum atomic E-state index is 12.5. The summed E-state index contributed by atoms with van der Waals surface area (Å²) in [6.07, 6.45) is 1.47. The molecule has 0 aromatic heterocycles. The zero-order chi connectivity index (χ0) is 19.5. The Morgan fingerprint density at radius 3 is 2.81 bits per heavy atom. The Morgan fingerprint density at radius 1 is 1.41 bits per heavy atom. The van der Waals surface area contributed by atoms with Gasteiger partial charge in [0, 0.05) is 11.1 Å². The van der Waals surface area contributed by atoms with Crippen molar-refractivity contribution in [3.05, 3.63) is 35.5 Å². The van der Waals surface area contributed by atoms with E-state index in [1.165, 1.54) is 0 Å². The third-order valence-corrected chi connectivity index (χ3v) is 6.31. The number of aliphatic hydroxyl groups is 1. The van der Waals surface area contributed by atoms with Gasteiger partial charge in [-0.3, -0.25) is 4.79 Å². The number of rotatable bonds is 2. The van der Waals surface area contributed by atoms with E-state index in [2.05, 4.69) is 6.58 Å². The molecule has 2 heterocycles. The quantitative estimate of drug-likeness (QED) is 0.337. The van der Waals surface area contributed by atoms with E-state index in [9.17, 15) is 19.5 Å². The summed E-state index contributed by atoms with van der Waals surface area (Å²) in [4.78, 5) is 37.1. The van der Waals surface area contributed by atoms with Gasteiger partial charge in [0.15, 0.2) is 12.2 Å². The Balaban J connectivity index is 1.82. The number of allylic oxidation sites excluding steroid dienone is 1. The van der Waals surface area contributed by atoms with Crippen molar-refractivity contribution in [3.8, 4) is 0 Å². The Kier molecular flexibility index (Phi) is 4.03. The van der Waals surface area contributed by atoms with Crippen molar-refractivity contribution >= 4 is 17.9 Å². The van der Waals surface area contributed by atoms with Gasteiger partial charge in [-0.15, -0.1) is 0 Å². The summed E-state index contributed by atoms with van der Waals surface area (Å²) in [7, 11) is 0. The van der Waals surface area contributed by atoms with E-state index in [4.69, 9.17) is 14.2 Å². The normalized spacial score (nSPS) is 40.4. The fourth-order valence-electron chi connectivity index (χ4n) is 4.62. The van der Waals surface area contributed by atoms with Gasteiger partial charge in [-0.25, -0.2) is 9.59 Å². The molecule has 2 bridgehead atoms. The standard InChI is InChI=1S/C20H22O7/c1-4-9(2)17(22)26-14-13-10(3)18(23)25-12(13)8-11-6-5-7-20(15(11)21)16(14)27-19(20)24/h4,8,12-16,21H,3,5-7H2,1-2H3/b9-4+,11-8?/t12-,13+,14+,15-,16-,20+/m1/s1. The molecule has 3 fully saturated rings. The number of hydrogen-bond donors (Lipinski definition) is 1. The molecule has 0 aromatic rings. The Bertz CT molecular complexity index is 807. The first kappa shape index (κ1) is 18.0. The number of carbonyl (C=O) groups is 3. The van der Waals surface area contributed by atoms with E-state index in [1.807, 2.05) is 0 Å². The van der Waals surface area contributed by atoms with Gasteiger partial charge in [0.05, 0.1) is 12.0 Å². The molecule has 1 saturated carbocycles. The van der Waals surface area contributed by atoms with Crippen molar-refractivity contribution in [2.24, 2.45) is 11.3 Å². The van der Waals surface area contributed by atoms with Crippen LogP contribution in [0.5, 0.6) is 0 Å². The minimum atomic E-state index is -1.16. The van der Waals surface area contributed by atoms with E-state index in [0.29, 0.717) is 30.4 Å². The van der Waals surface area contributed by atoms with Crippen LogP contribution in [-0.4, -0.2) is 47.4 Å². The highest BCUT2D eigenvalue weighted by Gasteiger charge is 2.70. The highest BCUT2D eigenvalue weighted by atomic mass is 16.6. The monoisotopic (exact) mass is 374 g/mol. The van der Waals surface area contributed by atoms with Gasteiger partial charge >= 0.3 is 17.9 Å². The smallest absolute Gasteiger partial charge is 0.334 e. The topological polar surface area (TPSA) is 99.1 Å². The second kappa shape index (κ2) is 6.05.